The van der Waals surface area contributed by atoms with E-state index >= 15 is 0 Å². The Morgan fingerprint density at radius 2 is 2.14 bits per heavy atom. The molecule has 0 aromatic carbocycles. The summed E-state index contributed by atoms with van der Waals surface area (Å²) < 4.78 is 1.96. The van der Waals surface area contributed by atoms with Gasteiger partial charge in [-0.05, 0) is 39.7 Å². The maximum Gasteiger partial charge on any atom is 0.317 e. The van der Waals surface area contributed by atoms with Crippen LogP contribution in [0.4, 0.5) is 4.79 Å². The Hall–Kier alpha value is -1.56. The number of aryl methyl sites for hydroxylation is 2. The topological polar surface area (TPSA) is 70.4 Å². The maximum atomic E-state index is 11.9. The van der Waals surface area contributed by atoms with E-state index in [-0.39, 0.29) is 11.9 Å². The summed E-state index contributed by atoms with van der Waals surface area (Å²) in [6.07, 6.45) is 0. The summed E-state index contributed by atoms with van der Waals surface area (Å²) >= 11 is 0. The number of nitrogens with zero attached hydrogens (tertiary/aromatic N) is 3. The Labute approximate surface area is 127 Å². The Morgan fingerprint density at radius 3 is 2.62 bits per heavy atom. The van der Waals surface area contributed by atoms with Gasteiger partial charge in [0.05, 0.1) is 17.8 Å². The lowest BCUT2D eigenvalue weighted by Gasteiger charge is -2.26. The van der Waals surface area contributed by atoms with Crippen LogP contribution in [0.1, 0.15) is 32.2 Å². The van der Waals surface area contributed by atoms with Crippen molar-refractivity contribution < 1.29 is 9.90 Å². The zero-order valence-electron chi connectivity index (χ0n) is 14.0. The molecule has 6 nitrogen and oxygen atoms in total. The first-order chi connectivity index (χ1) is 9.58. The number of hydrogen-bond acceptors (Lipinski definition) is 3. The molecule has 0 bridgehead atoms. The van der Waals surface area contributed by atoms with Crippen molar-refractivity contribution in [3.8, 4) is 0 Å². The molecule has 0 saturated heterocycles. The van der Waals surface area contributed by atoms with Gasteiger partial charge in [-0.25, -0.2) is 4.79 Å². The van der Waals surface area contributed by atoms with Crippen molar-refractivity contribution in [1.29, 1.82) is 0 Å². The number of urea groups is 1. The van der Waals surface area contributed by atoms with E-state index < -0.39 is 5.60 Å². The van der Waals surface area contributed by atoms with Crippen molar-refractivity contribution in [2.75, 3.05) is 20.1 Å². The number of nitrogens with one attached hydrogen (secondary N) is 1. The van der Waals surface area contributed by atoms with Gasteiger partial charge in [0.2, 0.25) is 0 Å². The van der Waals surface area contributed by atoms with Gasteiger partial charge in [-0.3, -0.25) is 4.68 Å². The molecule has 2 N–H and O–H groups in total. The molecule has 0 spiro atoms. The molecule has 1 aromatic heterocycles. The van der Waals surface area contributed by atoms with Crippen molar-refractivity contribution in [3.63, 3.8) is 0 Å². The molecule has 1 rings (SSSR count). The summed E-state index contributed by atoms with van der Waals surface area (Å²) in [5, 5.41) is 17.0. The van der Waals surface area contributed by atoms with Crippen LogP contribution < -0.4 is 5.32 Å². The minimum Gasteiger partial charge on any atom is -0.389 e. The number of carbonyl (C=O) groups excluding carboxylic acids is 1. The Bertz CT molecular complexity index is 477. The summed E-state index contributed by atoms with van der Waals surface area (Å²) in [6.45, 7) is 11.1. The predicted molar refractivity (Wildman–Crippen MR) is 83.2 cm³/mol. The molecule has 0 fully saturated rings. The highest BCUT2D eigenvalue weighted by Crippen LogP contribution is 2.06. The second-order valence-corrected chi connectivity index (χ2v) is 6.57. The first-order valence-corrected chi connectivity index (χ1v) is 7.31. The molecule has 1 atom stereocenters. The number of hydrogen-bond donors (Lipinski definition) is 2. The molecular formula is C15H28N4O2. The van der Waals surface area contributed by atoms with Crippen LogP contribution in [0.25, 0.3) is 0 Å². The number of likely N-dealkylation sites (N-methyl/N-ethyl adjacent to an activating group) is 1. The van der Waals surface area contributed by atoms with E-state index in [9.17, 15) is 9.90 Å². The van der Waals surface area contributed by atoms with Crippen molar-refractivity contribution in [2.24, 2.45) is 5.92 Å². The van der Waals surface area contributed by atoms with Crippen LogP contribution in [-0.2, 0) is 6.54 Å². The standard InChI is InChI=1S/C15H28N4O2/c1-11(9-19-13(3)7-12(2)17-19)8-16-14(20)18(6)10-15(4,5)21/h7,11,21H,8-10H2,1-6H3,(H,16,20). The monoisotopic (exact) mass is 296 g/mol. The maximum absolute atomic E-state index is 11.9. The fourth-order valence-corrected chi connectivity index (χ4v) is 2.27. The largest absolute Gasteiger partial charge is 0.389 e. The van der Waals surface area contributed by atoms with E-state index in [1.54, 1.807) is 20.9 Å². The second-order valence-electron chi connectivity index (χ2n) is 6.57. The van der Waals surface area contributed by atoms with E-state index in [1.165, 1.54) is 4.90 Å². The van der Waals surface area contributed by atoms with Crippen LogP contribution in [0.3, 0.4) is 0 Å². The molecular weight excluding hydrogens is 268 g/mol. The summed E-state index contributed by atoms with van der Waals surface area (Å²) in [4.78, 5) is 13.4. The highest BCUT2D eigenvalue weighted by Gasteiger charge is 2.19. The quantitative estimate of drug-likeness (QED) is 0.836. The molecule has 2 amide bonds. The van der Waals surface area contributed by atoms with Crippen molar-refractivity contribution in [1.82, 2.24) is 20.0 Å². The molecule has 6 heteroatoms. The molecule has 0 saturated carbocycles. The highest BCUT2D eigenvalue weighted by molar-refractivity contribution is 5.73. The lowest BCUT2D eigenvalue weighted by Crippen LogP contribution is -2.45. The number of carbonyl (C=O) groups is 1. The number of aromatic nitrogens is 2. The first-order valence-electron chi connectivity index (χ1n) is 7.31. The molecule has 0 aliphatic rings. The smallest absolute Gasteiger partial charge is 0.317 e. The molecule has 1 unspecified atom stereocenters. The number of rotatable bonds is 6. The molecule has 0 aliphatic carbocycles. The van der Waals surface area contributed by atoms with Gasteiger partial charge in [-0.2, -0.15) is 5.10 Å². The highest BCUT2D eigenvalue weighted by atomic mass is 16.3. The summed E-state index contributed by atoms with van der Waals surface area (Å²) in [5.74, 6) is 0.280. The lowest BCUT2D eigenvalue weighted by atomic mass is 10.1. The van der Waals surface area contributed by atoms with Crippen LogP contribution in [0, 0.1) is 19.8 Å². The number of aliphatic hydroxyl groups is 1. The van der Waals surface area contributed by atoms with Crippen LogP contribution in [0.5, 0.6) is 0 Å². The van der Waals surface area contributed by atoms with Crippen LogP contribution in [-0.4, -0.2) is 51.6 Å². The Morgan fingerprint density at radius 1 is 1.52 bits per heavy atom. The Kier molecular flexibility index (Phi) is 5.78. The van der Waals surface area contributed by atoms with E-state index in [0.29, 0.717) is 13.1 Å². The molecule has 120 valence electrons. The lowest BCUT2D eigenvalue weighted by molar-refractivity contribution is 0.0530. The summed E-state index contributed by atoms with van der Waals surface area (Å²) in [7, 11) is 1.68. The Balaban J connectivity index is 2.40. The average Bonchev–Trinajstić information content (AvgIpc) is 2.62. The SMILES string of the molecule is Cc1cc(C)n(CC(C)CNC(=O)N(C)CC(C)(C)O)n1. The fraction of sp³-hybridized carbons (Fsp3) is 0.733. The predicted octanol–water partition coefficient (Wildman–Crippen LogP) is 1.55. The minimum absolute atomic E-state index is 0.169. The van der Waals surface area contributed by atoms with Gasteiger partial charge in [0.1, 0.15) is 0 Å². The van der Waals surface area contributed by atoms with Gasteiger partial charge in [0.15, 0.2) is 0 Å². The number of amides is 2. The zero-order valence-corrected chi connectivity index (χ0v) is 14.0. The third-order valence-corrected chi connectivity index (χ3v) is 3.16. The van der Waals surface area contributed by atoms with E-state index in [1.807, 2.05) is 24.6 Å². The molecule has 1 heterocycles. The second kappa shape index (κ2) is 6.93. The van der Waals surface area contributed by atoms with Gasteiger partial charge in [0.25, 0.3) is 0 Å². The van der Waals surface area contributed by atoms with Crippen LogP contribution >= 0.6 is 0 Å². The van der Waals surface area contributed by atoms with Gasteiger partial charge in [-0.15, -0.1) is 0 Å². The van der Waals surface area contributed by atoms with E-state index in [0.717, 1.165) is 17.9 Å². The van der Waals surface area contributed by atoms with Crippen molar-refractivity contribution in [2.45, 2.75) is 46.8 Å². The van der Waals surface area contributed by atoms with Crippen molar-refractivity contribution >= 4 is 6.03 Å². The summed E-state index contributed by atoms with van der Waals surface area (Å²) in [6, 6.07) is 1.87. The van der Waals surface area contributed by atoms with Gasteiger partial charge < -0.3 is 15.3 Å². The normalized spacial score (nSPS) is 13.1. The fourth-order valence-electron chi connectivity index (χ4n) is 2.27. The third kappa shape index (κ3) is 6.16. The molecule has 1 aromatic rings. The molecule has 0 radical (unpaired) electrons. The van der Waals surface area contributed by atoms with E-state index in [4.69, 9.17) is 0 Å². The van der Waals surface area contributed by atoms with Gasteiger partial charge in [-0.1, -0.05) is 6.92 Å². The van der Waals surface area contributed by atoms with Crippen molar-refractivity contribution in [3.05, 3.63) is 17.5 Å². The van der Waals surface area contributed by atoms with Crippen LogP contribution in [0.2, 0.25) is 0 Å². The minimum atomic E-state index is -0.887. The first kappa shape index (κ1) is 17.5. The van der Waals surface area contributed by atoms with Crippen LogP contribution in [0.15, 0.2) is 6.07 Å². The van der Waals surface area contributed by atoms with Gasteiger partial charge in [0, 0.05) is 25.8 Å². The van der Waals surface area contributed by atoms with Gasteiger partial charge >= 0.3 is 6.03 Å². The summed E-state index contributed by atoms with van der Waals surface area (Å²) in [5.41, 5.74) is 1.25. The zero-order chi connectivity index (χ0) is 16.2. The van der Waals surface area contributed by atoms with E-state index in [2.05, 4.69) is 17.3 Å². The molecule has 21 heavy (non-hydrogen) atoms. The third-order valence-electron chi connectivity index (χ3n) is 3.16. The molecule has 0 aliphatic heterocycles. The average molecular weight is 296 g/mol.